The highest BCUT2D eigenvalue weighted by Crippen LogP contribution is 2.43. The molecule has 0 radical (unpaired) electrons. The molecule has 1 atom stereocenters. The van der Waals surface area contributed by atoms with Crippen molar-refractivity contribution in [3.63, 3.8) is 0 Å². The van der Waals surface area contributed by atoms with E-state index in [4.69, 9.17) is 9.72 Å². The average molecular weight is 371 g/mol. The first-order valence-electron chi connectivity index (χ1n) is 9.20. The summed E-state index contributed by atoms with van der Waals surface area (Å²) < 4.78 is 6.69. The highest BCUT2D eigenvalue weighted by Gasteiger charge is 2.35. The van der Waals surface area contributed by atoms with Gasteiger partial charge in [-0.05, 0) is 58.0 Å². The van der Waals surface area contributed by atoms with Gasteiger partial charge in [0.2, 0.25) is 6.35 Å². The molecule has 1 aliphatic heterocycles. The van der Waals surface area contributed by atoms with Crippen LogP contribution in [-0.2, 0) is 4.74 Å². The molecule has 1 saturated carbocycles. The van der Waals surface area contributed by atoms with Gasteiger partial charge in [0.25, 0.3) is 0 Å². The molecule has 6 heteroatoms. The molecule has 1 aromatic carbocycles. The lowest BCUT2D eigenvalue weighted by Gasteiger charge is -2.42. The zero-order valence-electron chi connectivity index (χ0n) is 15.8. The van der Waals surface area contributed by atoms with Crippen LogP contribution in [0.3, 0.4) is 0 Å². The van der Waals surface area contributed by atoms with Crippen LogP contribution in [0.15, 0.2) is 35.5 Å². The van der Waals surface area contributed by atoms with Crippen LogP contribution in [0.5, 0.6) is 0 Å². The van der Waals surface area contributed by atoms with Crippen molar-refractivity contribution in [2.45, 2.75) is 51.0 Å². The fourth-order valence-electron chi connectivity index (χ4n) is 3.60. The minimum atomic E-state index is -0.302. The van der Waals surface area contributed by atoms with Crippen LogP contribution in [0.2, 0.25) is 0 Å². The van der Waals surface area contributed by atoms with Gasteiger partial charge in [0.15, 0.2) is 0 Å². The summed E-state index contributed by atoms with van der Waals surface area (Å²) in [5.41, 5.74) is 2.17. The van der Waals surface area contributed by atoms with Gasteiger partial charge < -0.3 is 14.5 Å². The van der Waals surface area contributed by atoms with E-state index in [2.05, 4.69) is 49.0 Å². The Balaban J connectivity index is 1.52. The van der Waals surface area contributed by atoms with Crippen LogP contribution < -0.4 is 4.90 Å². The monoisotopic (exact) mass is 370 g/mol. The molecule has 1 unspecified atom stereocenters. The number of benzene rings is 1. The van der Waals surface area contributed by atoms with E-state index in [0.717, 1.165) is 11.2 Å². The van der Waals surface area contributed by atoms with Gasteiger partial charge in [-0.1, -0.05) is 0 Å². The number of rotatable bonds is 5. The minimum absolute atomic E-state index is 0.302. The highest BCUT2D eigenvalue weighted by atomic mass is 32.1. The Bertz CT molecular complexity index is 837. The third-order valence-corrected chi connectivity index (χ3v) is 6.72. The molecule has 0 amide bonds. The van der Waals surface area contributed by atoms with Crippen LogP contribution in [0, 0.1) is 0 Å². The summed E-state index contributed by atoms with van der Waals surface area (Å²) in [5.74, 6) is 0.605. The lowest BCUT2D eigenvalue weighted by molar-refractivity contribution is 0.108. The van der Waals surface area contributed by atoms with E-state index in [0.29, 0.717) is 18.0 Å². The average Bonchev–Trinajstić information content (AvgIpc) is 3.02. The fourth-order valence-corrected chi connectivity index (χ4v) is 4.72. The summed E-state index contributed by atoms with van der Waals surface area (Å²) in [4.78, 5) is 13.8. The molecule has 4 rings (SSSR count). The van der Waals surface area contributed by atoms with Crippen molar-refractivity contribution < 1.29 is 4.74 Å². The number of hydrogen-bond donors (Lipinski definition) is 0. The molecule has 1 fully saturated rings. The Morgan fingerprint density at radius 3 is 2.85 bits per heavy atom. The second kappa shape index (κ2) is 7.10. The topological polar surface area (TPSA) is 41.0 Å². The van der Waals surface area contributed by atoms with Crippen molar-refractivity contribution in [3.8, 4) is 0 Å². The maximum Gasteiger partial charge on any atom is 0.231 e. The molecule has 1 aliphatic carbocycles. The zero-order valence-corrected chi connectivity index (χ0v) is 16.6. The van der Waals surface area contributed by atoms with E-state index in [9.17, 15) is 0 Å². The molecule has 0 N–H and O–H groups in total. The molecule has 2 heterocycles. The first kappa shape index (κ1) is 17.6. The molecule has 5 nitrogen and oxygen atoms in total. The molecule has 2 aliphatic rings. The molecule has 0 spiro atoms. The summed E-state index contributed by atoms with van der Waals surface area (Å²) in [5, 5.41) is 1.28. The van der Waals surface area contributed by atoms with E-state index in [1.807, 2.05) is 28.5 Å². The van der Waals surface area contributed by atoms with E-state index < -0.39 is 0 Å². The van der Waals surface area contributed by atoms with Crippen molar-refractivity contribution >= 4 is 33.5 Å². The normalized spacial score (nSPS) is 25.5. The summed E-state index contributed by atoms with van der Waals surface area (Å²) >= 11 is 1.83. The van der Waals surface area contributed by atoms with Gasteiger partial charge in [0.1, 0.15) is 0 Å². The molecule has 26 heavy (non-hydrogen) atoms. The molecule has 0 saturated heterocycles. The van der Waals surface area contributed by atoms with E-state index in [1.54, 1.807) is 13.3 Å². The number of thiazole rings is 1. The van der Waals surface area contributed by atoms with Crippen LogP contribution >= 0.6 is 11.3 Å². The number of aromatic nitrogens is 1. The van der Waals surface area contributed by atoms with Gasteiger partial charge in [-0.15, -0.1) is 11.3 Å². The smallest absolute Gasteiger partial charge is 0.231 e. The molecule has 0 bridgehead atoms. The van der Waals surface area contributed by atoms with Crippen molar-refractivity contribution in [2.24, 2.45) is 4.99 Å². The largest absolute Gasteiger partial charge is 0.342 e. The van der Waals surface area contributed by atoms with Crippen molar-refractivity contribution in [3.05, 3.63) is 35.5 Å². The fraction of sp³-hybridized carbons (Fsp3) is 0.500. The van der Waals surface area contributed by atoms with Gasteiger partial charge in [-0.3, -0.25) is 0 Å². The number of nitrogens with zero attached hydrogens (tertiary/aromatic N) is 4. The number of fused-ring (bicyclic) bond motifs is 1. The number of aliphatic imine (C=N–C) groups is 1. The number of methoxy groups -OCH3 is 1. The van der Waals surface area contributed by atoms with Crippen LogP contribution in [0.25, 0.3) is 10.2 Å². The van der Waals surface area contributed by atoms with Crippen molar-refractivity contribution in [1.82, 2.24) is 9.88 Å². The Morgan fingerprint density at radius 1 is 1.31 bits per heavy atom. The van der Waals surface area contributed by atoms with E-state index in [-0.39, 0.29) is 6.35 Å². The Labute approximate surface area is 159 Å². The molecular weight excluding hydrogens is 344 g/mol. The summed E-state index contributed by atoms with van der Waals surface area (Å²) in [6.07, 6.45) is 7.84. The summed E-state index contributed by atoms with van der Waals surface area (Å²) in [6.45, 7) is 4.53. The summed E-state index contributed by atoms with van der Waals surface area (Å²) in [7, 11) is 3.91. The molecule has 2 aromatic rings. The Hall–Kier alpha value is -1.76. The SMILES string of the molecule is COC1N=CC=CN1c1ccc2nc(C3CC(N(C)C(C)C)C3)sc2c1. The molecule has 138 valence electrons. The predicted octanol–water partition coefficient (Wildman–Crippen LogP) is 4.22. The lowest BCUT2D eigenvalue weighted by Crippen LogP contribution is -2.44. The number of anilines is 1. The van der Waals surface area contributed by atoms with Crippen molar-refractivity contribution in [2.75, 3.05) is 19.1 Å². The van der Waals surface area contributed by atoms with Gasteiger partial charge in [-0.2, -0.15) is 0 Å². The zero-order chi connectivity index (χ0) is 18.3. The summed E-state index contributed by atoms with van der Waals surface area (Å²) in [6, 6.07) is 7.71. The van der Waals surface area contributed by atoms with Gasteiger partial charge >= 0.3 is 0 Å². The minimum Gasteiger partial charge on any atom is -0.342 e. The van der Waals surface area contributed by atoms with Crippen LogP contribution in [0.4, 0.5) is 5.69 Å². The Morgan fingerprint density at radius 2 is 2.12 bits per heavy atom. The second-order valence-electron chi connectivity index (χ2n) is 7.39. The highest BCUT2D eigenvalue weighted by molar-refractivity contribution is 7.18. The van der Waals surface area contributed by atoms with Crippen LogP contribution in [0.1, 0.15) is 37.6 Å². The molecular formula is C20H26N4OS. The number of ether oxygens (including phenoxy) is 1. The molecule has 1 aromatic heterocycles. The van der Waals surface area contributed by atoms with Gasteiger partial charge in [0.05, 0.1) is 15.2 Å². The first-order chi connectivity index (χ1) is 12.6. The third kappa shape index (κ3) is 3.17. The third-order valence-electron chi connectivity index (χ3n) is 5.53. The quantitative estimate of drug-likeness (QED) is 0.790. The van der Waals surface area contributed by atoms with Gasteiger partial charge in [-0.25, -0.2) is 9.98 Å². The van der Waals surface area contributed by atoms with Crippen LogP contribution in [-0.4, -0.2) is 48.7 Å². The number of hydrogen-bond acceptors (Lipinski definition) is 6. The van der Waals surface area contributed by atoms with E-state index >= 15 is 0 Å². The predicted molar refractivity (Wildman–Crippen MR) is 109 cm³/mol. The number of allylic oxidation sites excluding steroid dienone is 1. The lowest BCUT2D eigenvalue weighted by atomic mass is 9.79. The first-order valence-corrected chi connectivity index (χ1v) is 10.0. The van der Waals surface area contributed by atoms with Gasteiger partial charge in [0, 0.05) is 43.2 Å². The second-order valence-corrected chi connectivity index (χ2v) is 8.46. The maximum atomic E-state index is 5.45. The Kier molecular flexibility index (Phi) is 4.82. The standard InChI is InChI=1S/C20H26N4OS/c1-13(2)23(3)16-10-14(11-16)19-22-17-7-6-15(12-18(17)26-19)24-9-5-8-21-20(24)25-4/h5-9,12-14,16,20H,10-11H2,1-4H3. The maximum absolute atomic E-state index is 5.45. The van der Waals surface area contributed by atoms with Crippen molar-refractivity contribution in [1.29, 1.82) is 0 Å². The van der Waals surface area contributed by atoms with E-state index in [1.165, 1.54) is 22.5 Å².